The average Bonchev–Trinajstić information content (AvgIpc) is 2.75. The Hall–Kier alpha value is -2.42. The molecule has 0 radical (unpaired) electrons. The largest absolute Gasteiger partial charge is 0.476 e. The van der Waals surface area contributed by atoms with Crippen LogP contribution in [0.1, 0.15) is 50.7 Å². The Morgan fingerprint density at radius 1 is 0.938 bits per heavy atom. The monoisotopic (exact) mass is 463 g/mol. The first-order valence-corrected chi connectivity index (χ1v) is 10.8. The molecule has 2 aromatic carbocycles. The minimum absolute atomic E-state index is 0.208. The molecule has 0 atom stereocenters. The molecule has 0 aromatic heterocycles. The third kappa shape index (κ3) is 8.61. The van der Waals surface area contributed by atoms with E-state index in [2.05, 4.69) is 11.4 Å². The third-order valence-electron chi connectivity index (χ3n) is 4.74. The standard InChI is InChI=1S/C24H30ClNO6/c1-18(19-8-12-21(25)13-9-19)20-10-14-22(15-11-20)32-24(2,3)23(27)30-16-6-4-5-7-17-31-26(28)29/h8-15,28-29H,1,4-7,16-17H2,2-3H3. The average molecular weight is 464 g/mol. The van der Waals surface area contributed by atoms with Crippen LogP contribution in [0.2, 0.25) is 5.02 Å². The zero-order chi connectivity index (χ0) is 23.6. The Kier molecular flexibility index (Phi) is 10.2. The lowest BCUT2D eigenvalue weighted by Crippen LogP contribution is -2.39. The predicted molar refractivity (Wildman–Crippen MR) is 122 cm³/mol. The first-order chi connectivity index (χ1) is 15.2. The molecule has 0 bridgehead atoms. The SMILES string of the molecule is C=C(c1ccc(Cl)cc1)c1ccc(OC(C)(C)C(=O)OCCCCCCON(O)O)cc1. The van der Waals surface area contributed by atoms with Crippen molar-refractivity contribution in [1.82, 2.24) is 5.39 Å². The second-order valence-electron chi connectivity index (χ2n) is 7.76. The summed E-state index contributed by atoms with van der Waals surface area (Å²) in [5, 5.41) is 17.2. The Bertz CT molecular complexity index is 865. The van der Waals surface area contributed by atoms with Crippen LogP contribution in [0.4, 0.5) is 0 Å². The lowest BCUT2D eigenvalue weighted by molar-refractivity contribution is -0.492. The number of rotatable bonds is 13. The first kappa shape index (κ1) is 25.8. The molecule has 0 heterocycles. The number of carbonyl (C=O) groups is 1. The molecule has 8 heteroatoms. The van der Waals surface area contributed by atoms with E-state index in [-0.39, 0.29) is 12.0 Å². The molecule has 7 nitrogen and oxygen atoms in total. The van der Waals surface area contributed by atoms with Crippen molar-refractivity contribution in [3.8, 4) is 5.75 Å². The van der Waals surface area contributed by atoms with Crippen molar-refractivity contribution in [2.75, 3.05) is 13.2 Å². The molecule has 174 valence electrons. The Morgan fingerprint density at radius 2 is 1.47 bits per heavy atom. The molecule has 0 saturated carbocycles. The second-order valence-corrected chi connectivity index (χ2v) is 8.19. The number of unbranched alkanes of at least 4 members (excludes halogenated alkanes) is 3. The van der Waals surface area contributed by atoms with Gasteiger partial charge in [0.1, 0.15) is 5.75 Å². The van der Waals surface area contributed by atoms with Gasteiger partial charge in [0.05, 0.1) is 18.6 Å². The van der Waals surface area contributed by atoms with Gasteiger partial charge in [-0.1, -0.05) is 48.9 Å². The van der Waals surface area contributed by atoms with Crippen LogP contribution in [0.3, 0.4) is 0 Å². The molecule has 0 aliphatic carbocycles. The van der Waals surface area contributed by atoms with E-state index in [1.165, 1.54) is 0 Å². The number of benzene rings is 2. The van der Waals surface area contributed by atoms with E-state index in [4.69, 9.17) is 31.5 Å². The lowest BCUT2D eigenvalue weighted by atomic mass is 10.00. The van der Waals surface area contributed by atoms with Gasteiger partial charge in [-0.15, -0.1) is 0 Å². The Morgan fingerprint density at radius 3 is 2.03 bits per heavy atom. The van der Waals surface area contributed by atoms with Gasteiger partial charge in [0.15, 0.2) is 5.60 Å². The van der Waals surface area contributed by atoms with Gasteiger partial charge >= 0.3 is 5.97 Å². The maximum atomic E-state index is 12.4. The summed E-state index contributed by atoms with van der Waals surface area (Å²) in [6, 6.07) is 14.9. The molecule has 0 amide bonds. The number of hydrogen-bond acceptors (Lipinski definition) is 7. The highest BCUT2D eigenvalue weighted by Gasteiger charge is 2.31. The van der Waals surface area contributed by atoms with Crippen molar-refractivity contribution in [2.45, 2.75) is 45.1 Å². The number of nitrogens with zero attached hydrogens (tertiary/aromatic N) is 1. The molecular weight excluding hydrogens is 434 g/mol. The fourth-order valence-corrected chi connectivity index (χ4v) is 3.05. The highest BCUT2D eigenvalue weighted by Crippen LogP contribution is 2.26. The fraction of sp³-hybridized carbons (Fsp3) is 0.375. The minimum atomic E-state index is -1.13. The Balaban J connectivity index is 1.77. The van der Waals surface area contributed by atoms with Gasteiger partial charge in [-0.3, -0.25) is 15.3 Å². The van der Waals surface area contributed by atoms with E-state index in [0.717, 1.165) is 29.5 Å². The van der Waals surface area contributed by atoms with Crippen molar-refractivity contribution >= 4 is 23.1 Å². The highest BCUT2D eigenvalue weighted by atomic mass is 35.5. The second kappa shape index (κ2) is 12.6. The number of halogens is 1. The van der Waals surface area contributed by atoms with E-state index in [1.54, 1.807) is 26.0 Å². The first-order valence-electron chi connectivity index (χ1n) is 10.4. The van der Waals surface area contributed by atoms with Crippen LogP contribution in [0.25, 0.3) is 5.57 Å². The van der Waals surface area contributed by atoms with Gasteiger partial charge in [0.2, 0.25) is 0 Å². The Labute approximate surface area is 193 Å². The van der Waals surface area contributed by atoms with Gasteiger partial charge in [-0.05, 0) is 74.1 Å². The van der Waals surface area contributed by atoms with E-state index >= 15 is 0 Å². The van der Waals surface area contributed by atoms with Gasteiger partial charge in [-0.2, -0.15) is 0 Å². The highest BCUT2D eigenvalue weighted by molar-refractivity contribution is 6.30. The molecule has 0 unspecified atom stereocenters. The van der Waals surface area contributed by atoms with Gasteiger partial charge in [0, 0.05) is 5.02 Å². The summed E-state index contributed by atoms with van der Waals surface area (Å²) in [4.78, 5) is 16.9. The fourth-order valence-electron chi connectivity index (χ4n) is 2.92. The van der Waals surface area contributed by atoms with Crippen molar-refractivity contribution in [1.29, 1.82) is 0 Å². The molecular formula is C24H30ClNO6. The third-order valence-corrected chi connectivity index (χ3v) is 4.99. The van der Waals surface area contributed by atoms with Crippen molar-refractivity contribution in [3.05, 3.63) is 71.3 Å². The van der Waals surface area contributed by atoms with Crippen LogP contribution < -0.4 is 4.74 Å². The van der Waals surface area contributed by atoms with E-state index in [9.17, 15) is 4.79 Å². The molecule has 0 spiro atoms. The minimum Gasteiger partial charge on any atom is -0.476 e. The summed E-state index contributed by atoms with van der Waals surface area (Å²) in [5.74, 6) is 0.119. The summed E-state index contributed by atoms with van der Waals surface area (Å²) in [6.07, 6.45) is 3.01. The molecule has 2 N–H and O–H groups in total. The van der Waals surface area contributed by atoms with Crippen LogP contribution >= 0.6 is 11.6 Å². The smallest absolute Gasteiger partial charge is 0.349 e. The van der Waals surface area contributed by atoms with Gasteiger partial charge < -0.3 is 9.47 Å². The quantitative estimate of drug-likeness (QED) is 0.224. The van der Waals surface area contributed by atoms with Crippen LogP contribution in [-0.4, -0.2) is 40.6 Å². The normalized spacial score (nSPS) is 11.4. The maximum absolute atomic E-state index is 12.4. The van der Waals surface area contributed by atoms with Crippen molar-refractivity contribution in [3.63, 3.8) is 0 Å². The molecule has 2 aromatic rings. The van der Waals surface area contributed by atoms with Crippen molar-refractivity contribution in [2.24, 2.45) is 0 Å². The summed E-state index contributed by atoms with van der Waals surface area (Å²) >= 11 is 5.94. The van der Waals surface area contributed by atoms with Crippen LogP contribution in [0.5, 0.6) is 5.75 Å². The van der Waals surface area contributed by atoms with Gasteiger partial charge in [-0.25, -0.2) is 4.79 Å². The summed E-state index contributed by atoms with van der Waals surface area (Å²) in [7, 11) is 0. The zero-order valence-electron chi connectivity index (χ0n) is 18.4. The molecule has 0 aliphatic heterocycles. The zero-order valence-corrected chi connectivity index (χ0v) is 19.2. The lowest BCUT2D eigenvalue weighted by Gasteiger charge is -2.24. The predicted octanol–water partition coefficient (Wildman–Crippen LogP) is 5.67. The summed E-state index contributed by atoms with van der Waals surface area (Å²) in [5.41, 5.74) is 1.65. The number of ether oxygens (including phenoxy) is 2. The van der Waals surface area contributed by atoms with E-state index < -0.39 is 11.6 Å². The van der Waals surface area contributed by atoms with Gasteiger partial charge in [0.25, 0.3) is 0 Å². The summed E-state index contributed by atoms with van der Waals surface area (Å²) < 4.78 is 11.2. The molecule has 2 rings (SSSR count). The van der Waals surface area contributed by atoms with Crippen LogP contribution in [0, 0.1) is 0 Å². The number of esters is 1. The number of carbonyl (C=O) groups excluding carboxylic acids is 1. The van der Waals surface area contributed by atoms with E-state index in [1.807, 2.05) is 36.4 Å². The van der Waals surface area contributed by atoms with Crippen LogP contribution in [0.15, 0.2) is 55.1 Å². The maximum Gasteiger partial charge on any atom is 0.349 e. The molecule has 0 saturated heterocycles. The topological polar surface area (TPSA) is 88.5 Å². The summed E-state index contributed by atoms with van der Waals surface area (Å²) in [6.45, 7) is 7.98. The van der Waals surface area contributed by atoms with Crippen LogP contribution in [-0.2, 0) is 14.4 Å². The molecule has 0 aliphatic rings. The molecule has 0 fully saturated rings. The van der Waals surface area contributed by atoms with E-state index in [0.29, 0.717) is 30.2 Å². The molecule has 32 heavy (non-hydrogen) atoms. The number of hydrogen-bond donors (Lipinski definition) is 2. The van der Waals surface area contributed by atoms with Crippen molar-refractivity contribution < 1.29 is 29.5 Å².